The lowest BCUT2D eigenvalue weighted by atomic mass is 10.2. The van der Waals surface area contributed by atoms with Gasteiger partial charge in [0, 0.05) is 22.9 Å². The highest BCUT2D eigenvalue weighted by molar-refractivity contribution is 7.99. The molecule has 2 aromatic carbocycles. The zero-order valence-corrected chi connectivity index (χ0v) is 14.5. The van der Waals surface area contributed by atoms with Gasteiger partial charge in [0.2, 0.25) is 0 Å². The van der Waals surface area contributed by atoms with E-state index in [2.05, 4.69) is 46.0 Å². The normalized spacial score (nSPS) is 10.9. The molecule has 0 amide bonds. The van der Waals surface area contributed by atoms with Crippen molar-refractivity contribution in [2.24, 2.45) is 0 Å². The highest BCUT2D eigenvalue weighted by Crippen LogP contribution is 2.25. The molecule has 118 valence electrons. The van der Waals surface area contributed by atoms with Crippen molar-refractivity contribution in [2.75, 3.05) is 5.75 Å². The lowest BCUT2D eigenvalue weighted by Gasteiger charge is -2.07. The largest absolute Gasteiger partial charge is 0.302 e. The fourth-order valence-electron chi connectivity index (χ4n) is 2.40. The van der Waals surface area contributed by atoms with Crippen LogP contribution in [0.3, 0.4) is 0 Å². The zero-order chi connectivity index (χ0) is 16.1. The van der Waals surface area contributed by atoms with E-state index in [1.54, 1.807) is 11.8 Å². The van der Waals surface area contributed by atoms with Gasteiger partial charge >= 0.3 is 0 Å². The summed E-state index contributed by atoms with van der Waals surface area (Å²) in [6.07, 6.45) is 1.03. The van der Waals surface area contributed by atoms with Crippen LogP contribution in [0.4, 0.5) is 0 Å². The average molecular weight is 344 g/mol. The number of thioether (sulfide) groups is 1. The predicted molar refractivity (Wildman–Crippen MR) is 97.0 cm³/mol. The maximum absolute atomic E-state index is 5.96. The van der Waals surface area contributed by atoms with E-state index in [9.17, 15) is 0 Å². The first-order chi connectivity index (χ1) is 11.3. The van der Waals surface area contributed by atoms with E-state index in [0.717, 1.165) is 40.3 Å². The van der Waals surface area contributed by atoms with Crippen molar-refractivity contribution in [3.8, 4) is 11.4 Å². The summed E-state index contributed by atoms with van der Waals surface area (Å²) in [5, 5.41) is 10.4. The molecular weight excluding hydrogens is 326 g/mol. The number of benzene rings is 2. The molecule has 0 saturated carbocycles. The van der Waals surface area contributed by atoms with E-state index in [4.69, 9.17) is 11.6 Å². The monoisotopic (exact) mass is 343 g/mol. The number of aromatic nitrogens is 3. The molecule has 3 rings (SSSR count). The molecule has 0 aliphatic carbocycles. The van der Waals surface area contributed by atoms with Crippen molar-refractivity contribution in [3.05, 3.63) is 65.2 Å². The van der Waals surface area contributed by atoms with Crippen molar-refractivity contribution in [3.63, 3.8) is 0 Å². The van der Waals surface area contributed by atoms with Crippen molar-refractivity contribution >= 4 is 23.4 Å². The fourth-order valence-corrected chi connectivity index (χ4v) is 3.51. The van der Waals surface area contributed by atoms with E-state index in [-0.39, 0.29) is 0 Å². The van der Waals surface area contributed by atoms with Crippen molar-refractivity contribution in [2.45, 2.75) is 25.0 Å². The molecule has 0 bridgehead atoms. The molecule has 0 aliphatic heterocycles. The summed E-state index contributed by atoms with van der Waals surface area (Å²) in [4.78, 5) is 0. The minimum atomic E-state index is 0.730. The number of hydrogen-bond donors (Lipinski definition) is 0. The zero-order valence-electron chi connectivity index (χ0n) is 12.9. The van der Waals surface area contributed by atoms with Gasteiger partial charge in [0.25, 0.3) is 0 Å². The molecule has 1 heterocycles. The summed E-state index contributed by atoms with van der Waals surface area (Å²) >= 11 is 7.71. The Hall–Kier alpha value is -1.78. The molecule has 3 nitrogen and oxygen atoms in total. The van der Waals surface area contributed by atoms with Crippen LogP contribution in [0.1, 0.15) is 12.5 Å². The van der Waals surface area contributed by atoms with Gasteiger partial charge in [-0.25, -0.2) is 0 Å². The van der Waals surface area contributed by atoms with Crippen molar-refractivity contribution in [1.29, 1.82) is 0 Å². The van der Waals surface area contributed by atoms with Crippen LogP contribution < -0.4 is 0 Å². The van der Waals surface area contributed by atoms with Gasteiger partial charge < -0.3 is 4.57 Å². The van der Waals surface area contributed by atoms with Crippen LogP contribution >= 0.6 is 23.4 Å². The molecule has 0 aliphatic rings. The standard InChI is InChI=1S/C18H18ClN3S/c1-2-22-17(15-8-10-16(19)11-9-15)20-21-18(22)23-13-12-14-6-4-3-5-7-14/h3-11H,2,12-13H2,1H3. The number of hydrogen-bond acceptors (Lipinski definition) is 3. The van der Waals surface area contributed by atoms with Gasteiger partial charge in [-0.1, -0.05) is 53.7 Å². The van der Waals surface area contributed by atoms with Crippen molar-refractivity contribution in [1.82, 2.24) is 14.8 Å². The maximum atomic E-state index is 5.96. The second-order valence-electron chi connectivity index (χ2n) is 5.14. The molecule has 5 heteroatoms. The molecule has 0 unspecified atom stereocenters. The molecule has 0 radical (unpaired) electrons. The third kappa shape index (κ3) is 3.95. The molecule has 0 atom stereocenters. The van der Waals surface area contributed by atoms with E-state index in [1.165, 1.54) is 5.56 Å². The van der Waals surface area contributed by atoms with E-state index in [1.807, 2.05) is 30.3 Å². The molecule has 1 aromatic heterocycles. The molecule has 3 aromatic rings. The van der Waals surface area contributed by atoms with E-state index in [0.29, 0.717) is 0 Å². The van der Waals surface area contributed by atoms with Crippen LogP contribution in [-0.2, 0) is 13.0 Å². The average Bonchev–Trinajstić information content (AvgIpc) is 2.99. The van der Waals surface area contributed by atoms with Crippen molar-refractivity contribution < 1.29 is 0 Å². The lowest BCUT2D eigenvalue weighted by molar-refractivity contribution is 0.687. The second kappa shape index (κ2) is 7.66. The van der Waals surface area contributed by atoms with Gasteiger partial charge in [-0.05, 0) is 43.2 Å². The van der Waals surface area contributed by atoms with Crippen LogP contribution in [0.25, 0.3) is 11.4 Å². The Morgan fingerprint density at radius 3 is 2.43 bits per heavy atom. The highest BCUT2D eigenvalue weighted by Gasteiger charge is 2.12. The van der Waals surface area contributed by atoms with Crippen LogP contribution in [0.5, 0.6) is 0 Å². The quantitative estimate of drug-likeness (QED) is 0.593. The van der Waals surface area contributed by atoms with Gasteiger partial charge in [-0.2, -0.15) is 0 Å². The molecule has 0 N–H and O–H groups in total. The fraction of sp³-hybridized carbons (Fsp3) is 0.222. The Bertz CT molecular complexity index is 754. The Balaban J connectivity index is 1.72. The summed E-state index contributed by atoms with van der Waals surface area (Å²) < 4.78 is 2.15. The van der Waals surface area contributed by atoms with Crippen LogP contribution in [0.15, 0.2) is 59.8 Å². The van der Waals surface area contributed by atoms with Gasteiger partial charge in [0.05, 0.1) is 0 Å². The molecular formula is C18H18ClN3S. The van der Waals surface area contributed by atoms with Crippen LogP contribution in [0, 0.1) is 0 Å². The highest BCUT2D eigenvalue weighted by atomic mass is 35.5. The topological polar surface area (TPSA) is 30.7 Å². The van der Waals surface area contributed by atoms with Gasteiger partial charge in [-0.15, -0.1) is 10.2 Å². The maximum Gasteiger partial charge on any atom is 0.191 e. The first kappa shape index (κ1) is 16.1. The SMILES string of the molecule is CCn1c(SCCc2ccccc2)nnc1-c1ccc(Cl)cc1. The van der Waals surface area contributed by atoms with Gasteiger partial charge in [-0.3, -0.25) is 0 Å². The number of halogens is 1. The summed E-state index contributed by atoms with van der Waals surface area (Å²) in [5.74, 6) is 1.88. The first-order valence-electron chi connectivity index (χ1n) is 7.64. The van der Waals surface area contributed by atoms with Crippen LogP contribution in [0.2, 0.25) is 5.02 Å². The van der Waals surface area contributed by atoms with Crippen LogP contribution in [-0.4, -0.2) is 20.5 Å². The minimum Gasteiger partial charge on any atom is -0.302 e. The molecule has 0 spiro atoms. The summed E-state index contributed by atoms with van der Waals surface area (Å²) in [6, 6.07) is 18.2. The Labute approximate surface area is 145 Å². The first-order valence-corrected chi connectivity index (χ1v) is 9.00. The molecule has 23 heavy (non-hydrogen) atoms. The predicted octanol–water partition coefficient (Wildman–Crippen LogP) is 4.95. The summed E-state index contributed by atoms with van der Waals surface area (Å²) in [7, 11) is 0. The summed E-state index contributed by atoms with van der Waals surface area (Å²) in [5.41, 5.74) is 2.39. The summed E-state index contributed by atoms with van der Waals surface area (Å²) in [6.45, 7) is 2.96. The number of rotatable bonds is 6. The third-order valence-corrected chi connectivity index (χ3v) is 4.82. The third-order valence-electron chi connectivity index (χ3n) is 3.60. The Morgan fingerprint density at radius 2 is 1.74 bits per heavy atom. The van der Waals surface area contributed by atoms with E-state index >= 15 is 0 Å². The van der Waals surface area contributed by atoms with Gasteiger partial charge in [0.1, 0.15) is 0 Å². The van der Waals surface area contributed by atoms with E-state index < -0.39 is 0 Å². The number of aryl methyl sites for hydroxylation is 1. The Morgan fingerprint density at radius 1 is 1.00 bits per heavy atom. The molecule has 0 saturated heterocycles. The smallest absolute Gasteiger partial charge is 0.191 e. The molecule has 0 fully saturated rings. The van der Waals surface area contributed by atoms with Gasteiger partial charge in [0.15, 0.2) is 11.0 Å². The lowest BCUT2D eigenvalue weighted by Crippen LogP contribution is -2.00. The minimum absolute atomic E-state index is 0.730. The second-order valence-corrected chi connectivity index (χ2v) is 6.64. The number of nitrogens with zero attached hydrogens (tertiary/aromatic N) is 3. The Kier molecular flexibility index (Phi) is 5.36.